The first kappa shape index (κ1) is 11.9. The van der Waals surface area contributed by atoms with Gasteiger partial charge in [-0.3, -0.25) is 0 Å². The third-order valence-electron chi connectivity index (χ3n) is 2.88. The van der Waals surface area contributed by atoms with E-state index in [2.05, 4.69) is 18.8 Å². The van der Waals surface area contributed by atoms with Gasteiger partial charge in [0.05, 0.1) is 19.6 Å². The van der Waals surface area contributed by atoms with Gasteiger partial charge in [0.15, 0.2) is 0 Å². The lowest BCUT2D eigenvalue weighted by atomic mass is 10.0. The zero-order chi connectivity index (χ0) is 12.4. The second-order valence-corrected chi connectivity index (χ2v) is 4.62. The predicted octanol–water partition coefficient (Wildman–Crippen LogP) is 3.44. The number of rotatable bonds is 3. The second kappa shape index (κ2) is 4.75. The highest BCUT2D eigenvalue weighted by Crippen LogP contribution is 2.33. The first-order chi connectivity index (χ1) is 8.17. The molecule has 0 amide bonds. The Morgan fingerprint density at radius 1 is 1.06 bits per heavy atom. The van der Waals surface area contributed by atoms with Crippen LogP contribution in [0, 0.1) is 13.8 Å². The van der Waals surface area contributed by atoms with E-state index >= 15 is 0 Å². The van der Waals surface area contributed by atoms with E-state index in [9.17, 15) is 0 Å². The largest absolute Gasteiger partial charge is 0.496 e. The highest BCUT2D eigenvalue weighted by molar-refractivity contribution is 7.13. The van der Waals surface area contributed by atoms with Gasteiger partial charge in [0.1, 0.15) is 10.8 Å². The van der Waals surface area contributed by atoms with Gasteiger partial charge in [-0.15, -0.1) is 11.3 Å². The Morgan fingerprint density at radius 2 is 1.82 bits per heavy atom. The van der Waals surface area contributed by atoms with Crippen LogP contribution in [-0.4, -0.2) is 19.2 Å². The maximum atomic E-state index is 5.30. The molecular formula is C13H15NO2S. The van der Waals surface area contributed by atoms with Gasteiger partial charge in [-0.1, -0.05) is 0 Å². The molecule has 0 atom stereocenters. The van der Waals surface area contributed by atoms with Crippen molar-refractivity contribution in [2.24, 2.45) is 0 Å². The van der Waals surface area contributed by atoms with Crippen molar-refractivity contribution in [3.8, 4) is 22.2 Å². The quantitative estimate of drug-likeness (QED) is 0.835. The molecule has 2 rings (SSSR count). The van der Waals surface area contributed by atoms with Crippen LogP contribution in [0.15, 0.2) is 17.5 Å². The number of aromatic nitrogens is 1. The molecule has 3 nitrogen and oxygen atoms in total. The van der Waals surface area contributed by atoms with Crippen LogP contribution in [0.3, 0.4) is 0 Å². The fourth-order valence-electron chi connectivity index (χ4n) is 1.73. The van der Waals surface area contributed by atoms with Crippen LogP contribution in [-0.2, 0) is 0 Å². The van der Waals surface area contributed by atoms with Crippen LogP contribution in [0.5, 0.6) is 11.6 Å². The summed E-state index contributed by atoms with van der Waals surface area (Å²) in [5.74, 6) is 1.58. The maximum Gasteiger partial charge on any atom is 0.224 e. The topological polar surface area (TPSA) is 31.4 Å². The van der Waals surface area contributed by atoms with E-state index in [1.807, 2.05) is 17.5 Å². The minimum absolute atomic E-state index is 0.665. The third kappa shape index (κ3) is 2.13. The maximum absolute atomic E-state index is 5.30. The molecule has 2 aromatic rings. The molecule has 17 heavy (non-hydrogen) atoms. The molecule has 0 saturated heterocycles. The minimum Gasteiger partial charge on any atom is -0.496 e. The average Bonchev–Trinajstić information content (AvgIpc) is 2.81. The minimum atomic E-state index is 0.665. The molecule has 0 aliphatic carbocycles. The molecule has 0 aliphatic rings. The van der Waals surface area contributed by atoms with Crippen molar-refractivity contribution in [1.82, 2.24) is 4.98 Å². The summed E-state index contributed by atoms with van der Waals surface area (Å²) in [4.78, 5) is 4.41. The Hall–Kier alpha value is -1.55. The lowest BCUT2D eigenvalue weighted by Gasteiger charge is -2.10. The Bertz CT molecular complexity index is 534. The van der Waals surface area contributed by atoms with Crippen LogP contribution in [0.25, 0.3) is 10.6 Å². The first-order valence-corrected chi connectivity index (χ1v) is 6.19. The summed E-state index contributed by atoms with van der Waals surface area (Å²) >= 11 is 1.59. The predicted molar refractivity (Wildman–Crippen MR) is 70.1 cm³/mol. The van der Waals surface area contributed by atoms with E-state index in [1.54, 1.807) is 25.6 Å². The van der Waals surface area contributed by atoms with E-state index in [0.29, 0.717) is 5.88 Å². The molecule has 0 bridgehead atoms. The number of thiazole rings is 1. The summed E-state index contributed by atoms with van der Waals surface area (Å²) in [7, 11) is 3.32. The van der Waals surface area contributed by atoms with Crippen molar-refractivity contribution in [3.63, 3.8) is 0 Å². The summed E-state index contributed by atoms with van der Waals surface area (Å²) in [6, 6.07) is 4.02. The van der Waals surface area contributed by atoms with E-state index in [-0.39, 0.29) is 0 Å². The second-order valence-electron chi connectivity index (χ2n) is 3.76. The number of ether oxygens (including phenoxy) is 2. The molecule has 4 heteroatoms. The Balaban J connectivity index is 2.49. The number of benzene rings is 1. The van der Waals surface area contributed by atoms with Gasteiger partial charge in [0.25, 0.3) is 0 Å². The number of methoxy groups -OCH3 is 2. The molecule has 0 aliphatic heterocycles. The molecule has 90 valence electrons. The Kier molecular flexibility index (Phi) is 3.33. The number of hydrogen-bond acceptors (Lipinski definition) is 4. The fraction of sp³-hybridized carbons (Fsp3) is 0.308. The van der Waals surface area contributed by atoms with E-state index < -0.39 is 0 Å². The lowest BCUT2D eigenvalue weighted by molar-refractivity contribution is 0.401. The monoisotopic (exact) mass is 249 g/mol. The summed E-state index contributed by atoms with van der Waals surface area (Å²) in [6.45, 7) is 4.14. The highest BCUT2D eigenvalue weighted by Gasteiger charge is 2.11. The molecule has 0 spiro atoms. The van der Waals surface area contributed by atoms with Gasteiger partial charge < -0.3 is 9.47 Å². The van der Waals surface area contributed by atoms with Gasteiger partial charge in [-0.05, 0) is 37.1 Å². The molecule has 0 N–H and O–H groups in total. The van der Waals surface area contributed by atoms with E-state index in [0.717, 1.165) is 21.9 Å². The van der Waals surface area contributed by atoms with Crippen molar-refractivity contribution in [2.45, 2.75) is 13.8 Å². The van der Waals surface area contributed by atoms with Crippen LogP contribution in [0.4, 0.5) is 0 Å². The summed E-state index contributed by atoms with van der Waals surface area (Å²) in [6.07, 6.45) is 0. The molecule has 1 aromatic carbocycles. The van der Waals surface area contributed by atoms with Gasteiger partial charge in [-0.25, -0.2) is 4.98 Å². The van der Waals surface area contributed by atoms with Gasteiger partial charge in [0.2, 0.25) is 5.88 Å². The molecule has 1 aromatic heterocycles. The number of hydrogen-bond donors (Lipinski definition) is 0. The van der Waals surface area contributed by atoms with Crippen LogP contribution >= 0.6 is 11.3 Å². The van der Waals surface area contributed by atoms with Gasteiger partial charge in [-0.2, -0.15) is 0 Å². The zero-order valence-corrected chi connectivity index (χ0v) is 11.2. The molecule has 1 heterocycles. The SMILES string of the molecule is COc1csc(-c2ccc(OC)c(C)c2C)n1. The molecule has 0 saturated carbocycles. The zero-order valence-electron chi connectivity index (χ0n) is 10.4. The van der Waals surface area contributed by atoms with Crippen molar-refractivity contribution >= 4 is 11.3 Å². The van der Waals surface area contributed by atoms with Crippen molar-refractivity contribution < 1.29 is 9.47 Å². The van der Waals surface area contributed by atoms with Crippen molar-refractivity contribution in [1.29, 1.82) is 0 Å². The normalized spacial score (nSPS) is 10.4. The van der Waals surface area contributed by atoms with Crippen molar-refractivity contribution in [3.05, 3.63) is 28.6 Å². The Labute approximate surface area is 105 Å². The van der Waals surface area contributed by atoms with E-state index in [4.69, 9.17) is 9.47 Å². The molecule has 0 fully saturated rings. The fourth-order valence-corrected chi connectivity index (χ4v) is 2.58. The molecule has 0 radical (unpaired) electrons. The summed E-state index contributed by atoms with van der Waals surface area (Å²) < 4.78 is 10.4. The van der Waals surface area contributed by atoms with E-state index in [1.165, 1.54) is 5.56 Å². The average molecular weight is 249 g/mol. The Morgan fingerprint density at radius 3 is 2.41 bits per heavy atom. The van der Waals surface area contributed by atoms with Gasteiger partial charge >= 0.3 is 0 Å². The third-order valence-corrected chi connectivity index (χ3v) is 3.73. The summed E-state index contributed by atoms with van der Waals surface area (Å²) in [5, 5.41) is 2.89. The molecule has 0 unspecified atom stereocenters. The van der Waals surface area contributed by atoms with Crippen LogP contribution in [0.2, 0.25) is 0 Å². The van der Waals surface area contributed by atoms with Gasteiger partial charge in [0, 0.05) is 5.56 Å². The van der Waals surface area contributed by atoms with Crippen molar-refractivity contribution in [2.75, 3.05) is 14.2 Å². The summed E-state index contributed by atoms with van der Waals surface area (Å²) in [5.41, 5.74) is 3.48. The standard InChI is InChI=1S/C13H15NO2S/c1-8-9(2)11(15-3)6-5-10(8)13-14-12(16-4)7-17-13/h5-7H,1-4H3. The molecular weight excluding hydrogens is 234 g/mol. The smallest absolute Gasteiger partial charge is 0.224 e. The van der Waals surface area contributed by atoms with Crippen LogP contribution < -0.4 is 9.47 Å². The highest BCUT2D eigenvalue weighted by atomic mass is 32.1. The number of nitrogens with zero attached hydrogens (tertiary/aromatic N) is 1. The van der Waals surface area contributed by atoms with Crippen LogP contribution in [0.1, 0.15) is 11.1 Å². The lowest BCUT2D eigenvalue weighted by Crippen LogP contribution is -1.92. The first-order valence-electron chi connectivity index (χ1n) is 5.31.